The number of hydrogen-bond acceptors (Lipinski definition) is 0. The molecule has 0 aliphatic rings. The Balaban J connectivity index is -0.000000195. The van der Waals surface area contributed by atoms with Gasteiger partial charge in [0.2, 0.25) is 0 Å². The van der Waals surface area contributed by atoms with Crippen LogP contribution in [-0.4, -0.2) is 0 Å². The minimum absolute atomic E-state index is 0.439. The van der Waals surface area contributed by atoms with Gasteiger partial charge in [-0.25, -0.2) is 0 Å². The molecule has 0 aliphatic heterocycles. The first-order valence-electron chi connectivity index (χ1n) is 23.3. The highest BCUT2D eigenvalue weighted by Crippen LogP contribution is 2.32. The molecular formula is C56H118. The molecule has 0 atom stereocenters. The van der Waals surface area contributed by atoms with Crippen molar-refractivity contribution in [2.24, 2.45) is 54.1 Å². The zero-order valence-electron chi connectivity index (χ0n) is 45.8. The average molecular weight is 792 g/mol. The van der Waals surface area contributed by atoms with Crippen LogP contribution < -0.4 is 0 Å². The maximum absolute atomic E-state index is 2.33. The van der Waals surface area contributed by atoms with E-state index < -0.39 is 0 Å². The first-order valence-corrected chi connectivity index (χ1v) is 23.3. The van der Waals surface area contributed by atoms with E-state index in [1.54, 1.807) is 0 Å². The Morgan fingerprint density at radius 1 is 0.214 bits per heavy atom. The van der Waals surface area contributed by atoms with Gasteiger partial charge in [-0.3, -0.25) is 0 Å². The maximum atomic E-state index is 2.33. The van der Waals surface area contributed by atoms with Crippen molar-refractivity contribution in [2.75, 3.05) is 0 Å². The summed E-state index contributed by atoms with van der Waals surface area (Å²) in [5.74, 6) is 0. The first kappa shape index (κ1) is 64.6. The summed E-state index contributed by atoms with van der Waals surface area (Å²) in [6.07, 6.45) is 24.8. The van der Waals surface area contributed by atoms with E-state index in [-0.39, 0.29) is 0 Å². The molecule has 0 amide bonds. The molecule has 0 rings (SSSR count). The molecule has 0 saturated carbocycles. The van der Waals surface area contributed by atoms with Crippen molar-refractivity contribution >= 4 is 0 Å². The van der Waals surface area contributed by atoms with Gasteiger partial charge in [-0.15, -0.1) is 0 Å². The number of hydrogen-bond donors (Lipinski definition) is 0. The van der Waals surface area contributed by atoms with Gasteiger partial charge in [0, 0.05) is 0 Å². The van der Waals surface area contributed by atoms with Gasteiger partial charge in [0.25, 0.3) is 0 Å². The highest BCUT2D eigenvalue weighted by atomic mass is 14.3. The van der Waals surface area contributed by atoms with E-state index in [0.29, 0.717) is 54.1 Å². The predicted molar refractivity (Wildman–Crippen MR) is 268 cm³/mol. The topological polar surface area (TPSA) is 0 Å². The molecule has 0 spiro atoms. The third-order valence-electron chi connectivity index (χ3n) is 8.37. The molecule has 0 heteroatoms. The second-order valence-corrected chi connectivity index (χ2v) is 29.6. The summed E-state index contributed by atoms with van der Waals surface area (Å²) < 4.78 is 0. The predicted octanol–water partition coefficient (Wildman–Crippen LogP) is 21.2. The summed E-state index contributed by atoms with van der Waals surface area (Å²) in [5.41, 5.74) is 4.83. The fourth-order valence-electron chi connectivity index (χ4n) is 5.60. The summed E-state index contributed by atoms with van der Waals surface area (Å²) in [4.78, 5) is 0. The summed E-state index contributed by atoms with van der Waals surface area (Å²) in [5, 5.41) is 0. The van der Waals surface area contributed by atoms with Gasteiger partial charge in [-0.2, -0.15) is 0 Å². The molecule has 0 N–H and O–H groups in total. The molecular weight excluding hydrogens is 673 g/mol. The van der Waals surface area contributed by atoms with Crippen LogP contribution in [0, 0.1) is 54.1 Å². The molecule has 0 aromatic heterocycles. The zero-order valence-corrected chi connectivity index (χ0v) is 45.8. The van der Waals surface area contributed by atoms with E-state index in [1.807, 2.05) is 0 Å². The van der Waals surface area contributed by atoms with Crippen LogP contribution in [0.3, 0.4) is 0 Å². The molecule has 0 unspecified atom stereocenters. The standard InChI is InChI=1S/C13H26.C12H26.C12H24.C10H22.C9H20/c1-12(2,3)10-8-7-9-11-13(4,5)6;2*1-11(2,3)9-7-8-10-12(4,5)6;1-9(2,3)7-8-10(4,5)6;1-8(2,3)7-9(4,5)6/h7-8H,9-11H2,1-6H3;7-10H2,1-6H3;7-8H,9-10H2,1-6H3;7-8H2,1-6H3;7H2,1-6H3/b8-7-;;8-7-;;. The molecule has 0 nitrogen and oxygen atoms in total. The summed E-state index contributed by atoms with van der Waals surface area (Å²) in [6, 6.07) is 0. The molecule has 0 bridgehead atoms. The minimum Gasteiger partial charge on any atom is -0.0885 e. The summed E-state index contributed by atoms with van der Waals surface area (Å²) >= 11 is 0. The molecule has 0 aliphatic carbocycles. The van der Waals surface area contributed by atoms with Crippen molar-refractivity contribution in [2.45, 2.75) is 285 Å². The zero-order chi connectivity index (χ0) is 46.3. The fraction of sp³-hybridized carbons (Fsp3) is 0.929. The first-order chi connectivity index (χ1) is 24.0. The van der Waals surface area contributed by atoms with Crippen LogP contribution in [0.1, 0.15) is 285 Å². The monoisotopic (exact) mass is 791 g/mol. The quantitative estimate of drug-likeness (QED) is 0.161. The van der Waals surface area contributed by atoms with E-state index in [1.165, 1.54) is 77.0 Å². The lowest BCUT2D eigenvalue weighted by molar-refractivity contribution is 0.233. The lowest BCUT2D eigenvalue weighted by Crippen LogP contribution is -2.16. The molecule has 0 aromatic carbocycles. The van der Waals surface area contributed by atoms with Crippen molar-refractivity contribution in [3.05, 3.63) is 24.3 Å². The van der Waals surface area contributed by atoms with Crippen LogP contribution in [0.2, 0.25) is 0 Å². The van der Waals surface area contributed by atoms with Crippen LogP contribution in [0.5, 0.6) is 0 Å². The number of unbranched alkanes of at least 4 members (excludes halogenated alkanes) is 1. The van der Waals surface area contributed by atoms with E-state index >= 15 is 0 Å². The highest BCUT2D eigenvalue weighted by Gasteiger charge is 2.20. The smallest absolute Gasteiger partial charge is 0.0302 e. The Morgan fingerprint density at radius 2 is 0.429 bits per heavy atom. The summed E-state index contributed by atoms with van der Waals surface area (Å²) in [7, 11) is 0. The number of allylic oxidation sites excluding steroid dienone is 4. The maximum Gasteiger partial charge on any atom is -0.0302 e. The van der Waals surface area contributed by atoms with Crippen LogP contribution in [0.25, 0.3) is 0 Å². The van der Waals surface area contributed by atoms with E-state index in [4.69, 9.17) is 0 Å². The van der Waals surface area contributed by atoms with Gasteiger partial charge in [-0.05, 0) is 118 Å². The fourth-order valence-corrected chi connectivity index (χ4v) is 5.60. The van der Waals surface area contributed by atoms with Crippen LogP contribution in [0.4, 0.5) is 0 Å². The van der Waals surface area contributed by atoms with Crippen molar-refractivity contribution < 1.29 is 0 Å². The van der Waals surface area contributed by atoms with E-state index in [0.717, 1.165) is 0 Å². The van der Waals surface area contributed by atoms with Gasteiger partial charge < -0.3 is 0 Å². The second-order valence-electron chi connectivity index (χ2n) is 29.6. The molecule has 0 fully saturated rings. The SMILES string of the molecule is CC(C)(C)C/C=C\CC(C)(C)C.CC(C)(C)C/C=C\CCC(C)(C)C.CC(C)(C)CC(C)(C)C.CC(C)(C)CCC(C)(C)C.CC(C)(C)CCCCC(C)(C)C. The molecule has 0 radical (unpaired) electrons. The third-order valence-corrected chi connectivity index (χ3v) is 8.37. The van der Waals surface area contributed by atoms with Crippen molar-refractivity contribution in [3.63, 3.8) is 0 Å². The van der Waals surface area contributed by atoms with Crippen molar-refractivity contribution in [1.29, 1.82) is 0 Å². The minimum atomic E-state index is 0.439. The normalized spacial score (nSPS) is 13.9. The van der Waals surface area contributed by atoms with Crippen molar-refractivity contribution in [3.8, 4) is 0 Å². The van der Waals surface area contributed by atoms with Gasteiger partial charge in [0.15, 0.2) is 0 Å². The van der Waals surface area contributed by atoms with Crippen molar-refractivity contribution in [1.82, 2.24) is 0 Å². The largest absolute Gasteiger partial charge is 0.0885 e. The van der Waals surface area contributed by atoms with Gasteiger partial charge in [0.05, 0.1) is 0 Å². The molecule has 0 aromatic rings. The Morgan fingerprint density at radius 3 is 0.589 bits per heavy atom. The Hall–Kier alpha value is -0.520. The Kier molecular flexibility index (Phi) is 31.6. The summed E-state index contributed by atoms with van der Waals surface area (Å²) in [6.45, 7) is 68.9. The van der Waals surface area contributed by atoms with E-state index in [2.05, 4.69) is 232 Å². The van der Waals surface area contributed by atoms with Crippen LogP contribution in [0.15, 0.2) is 24.3 Å². The highest BCUT2D eigenvalue weighted by molar-refractivity contribution is 4.89. The van der Waals surface area contributed by atoms with Crippen LogP contribution >= 0.6 is 0 Å². The lowest BCUT2D eigenvalue weighted by Gasteiger charge is -2.28. The number of rotatable bonds is 9. The Labute approximate surface area is 361 Å². The molecule has 0 saturated heterocycles. The third kappa shape index (κ3) is 89.9. The van der Waals surface area contributed by atoms with E-state index in [9.17, 15) is 0 Å². The Bertz CT molecular complexity index is 880. The molecule has 0 heterocycles. The average Bonchev–Trinajstić information content (AvgIpc) is 2.83. The van der Waals surface area contributed by atoms with Gasteiger partial charge >= 0.3 is 0 Å². The second kappa shape index (κ2) is 27.3. The molecule has 56 heavy (non-hydrogen) atoms. The van der Waals surface area contributed by atoms with Gasteiger partial charge in [-0.1, -0.05) is 245 Å². The van der Waals surface area contributed by atoms with Crippen LogP contribution in [-0.2, 0) is 0 Å². The van der Waals surface area contributed by atoms with Gasteiger partial charge in [0.1, 0.15) is 0 Å². The molecule has 342 valence electrons. The lowest BCUT2D eigenvalue weighted by atomic mass is 9.78.